The van der Waals surface area contributed by atoms with E-state index in [-0.39, 0.29) is 11.9 Å². The first-order valence-electron chi connectivity index (χ1n) is 4.00. The van der Waals surface area contributed by atoms with Gasteiger partial charge in [-0.25, -0.2) is 9.80 Å². The maximum atomic E-state index is 11.5. The first-order chi connectivity index (χ1) is 6.07. The molecule has 0 aliphatic carbocycles. The summed E-state index contributed by atoms with van der Waals surface area (Å²) in [6.07, 6.45) is 0.567. The van der Waals surface area contributed by atoms with Crippen LogP contribution in [-0.2, 0) is 4.79 Å². The zero-order chi connectivity index (χ0) is 10.0. The highest BCUT2D eigenvalue weighted by Crippen LogP contribution is 2.10. The molecule has 74 valence electrons. The summed E-state index contributed by atoms with van der Waals surface area (Å²) in [4.78, 5) is 22.8. The Morgan fingerprint density at radius 2 is 2.15 bits per heavy atom. The van der Waals surface area contributed by atoms with Gasteiger partial charge in [0.25, 0.3) is 5.91 Å². The standard InChI is InChI=1S/C7H13N3O2S/c1-9(2)10-6(11)5(3-4-13)8-7(10)12/h5,13H,3-4H2,1-2H3,(H,8,12). The van der Waals surface area contributed by atoms with Crippen LogP contribution in [-0.4, -0.2) is 47.8 Å². The third kappa shape index (κ3) is 1.94. The largest absolute Gasteiger partial charge is 0.339 e. The number of carbonyl (C=O) groups excluding carboxylic acids is 2. The Labute approximate surface area is 82.4 Å². The molecule has 0 radical (unpaired) electrons. The van der Waals surface area contributed by atoms with Gasteiger partial charge in [-0.3, -0.25) is 4.79 Å². The van der Waals surface area contributed by atoms with Crippen LogP contribution >= 0.6 is 12.6 Å². The molecule has 1 aliphatic rings. The maximum absolute atomic E-state index is 11.5. The first kappa shape index (κ1) is 10.3. The number of imide groups is 1. The van der Waals surface area contributed by atoms with Gasteiger partial charge in [0.15, 0.2) is 0 Å². The van der Waals surface area contributed by atoms with Gasteiger partial charge in [0.05, 0.1) is 0 Å². The molecule has 5 nitrogen and oxygen atoms in total. The van der Waals surface area contributed by atoms with Crippen molar-refractivity contribution in [2.75, 3.05) is 19.8 Å². The van der Waals surface area contributed by atoms with Gasteiger partial charge in [-0.05, 0) is 12.2 Å². The van der Waals surface area contributed by atoms with Crippen LogP contribution in [0.2, 0.25) is 0 Å². The molecule has 0 spiro atoms. The fourth-order valence-electron chi connectivity index (χ4n) is 1.22. The number of hydrogen-bond acceptors (Lipinski definition) is 4. The van der Waals surface area contributed by atoms with Gasteiger partial charge < -0.3 is 5.32 Å². The minimum absolute atomic E-state index is 0.205. The quantitative estimate of drug-likeness (QED) is 0.489. The predicted molar refractivity (Wildman–Crippen MR) is 51.3 cm³/mol. The Hall–Kier alpha value is -0.750. The summed E-state index contributed by atoms with van der Waals surface area (Å²) < 4.78 is 0. The molecular formula is C7H13N3O2S. The number of rotatable bonds is 3. The van der Waals surface area contributed by atoms with Crippen LogP contribution in [0.25, 0.3) is 0 Å². The molecule has 3 amide bonds. The van der Waals surface area contributed by atoms with Crippen molar-refractivity contribution >= 4 is 24.6 Å². The van der Waals surface area contributed by atoms with Crippen LogP contribution < -0.4 is 5.32 Å². The van der Waals surface area contributed by atoms with Gasteiger partial charge in [-0.15, -0.1) is 0 Å². The summed E-state index contributed by atoms with van der Waals surface area (Å²) in [5.74, 6) is 0.377. The van der Waals surface area contributed by atoms with Crippen molar-refractivity contribution in [1.29, 1.82) is 0 Å². The maximum Gasteiger partial charge on any atom is 0.339 e. The summed E-state index contributed by atoms with van der Waals surface area (Å²) in [6.45, 7) is 0. The lowest BCUT2D eigenvalue weighted by Gasteiger charge is -2.19. The second-order valence-electron chi connectivity index (χ2n) is 3.01. The number of thiol groups is 1. The molecule has 13 heavy (non-hydrogen) atoms. The van der Waals surface area contributed by atoms with Crippen LogP contribution in [0.5, 0.6) is 0 Å². The van der Waals surface area contributed by atoms with E-state index in [0.29, 0.717) is 12.2 Å². The zero-order valence-corrected chi connectivity index (χ0v) is 8.54. The molecule has 1 heterocycles. The Morgan fingerprint density at radius 3 is 2.54 bits per heavy atom. The number of nitrogens with one attached hydrogen (secondary N) is 1. The second kappa shape index (κ2) is 3.97. The van der Waals surface area contributed by atoms with E-state index in [9.17, 15) is 9.59 Å². The van der Waals surface area contributed by atoms with E-state index in [0.717, 1.165) is 5.01 Å². The van der Waals surface area contributed by atoms with Gasteiger partial charge in [0.1, 0.15) is 6.04 Å². The molecule has 1 aliphatic heterocycles. The van der Waals surface area contributed by atoms with E-state index in [1.807, 2.05) is 0 Å². The van der Waals surface area contributed by atoms with Gasteiger partial charge >= 0.3 is 6.03 Å². The number of hydrazine groups is 1. The van der Waals surface area contributed by atoms with E-state index >= 15 is 0 Å². The van der Waals surface area contributed by atoms with E-state index < -0.39 is 6.04 Å². The van der Waals surface area contributed by atoms with Crippen molar-refractivity contribution in [3.05, 3.63) is 0 Å². The summed E-state index contributed by atoms with van der Waals surface area (Å²) in [6, 6.07) is -0.769. The molecule has 6 heteroatoms. The monoisotopic (exact) mass is 203 g/mol. The summed E-state index contributed by atoms with van der Waals surface area (Å²) in [7, 11) is 3.31. The third-order valence-electron chi connectivity index (χ3n) is 1.81. The smallest absolute Gasteiger partial charge is 0.325 e. The highest BCUT2D eigenvalue weighted by Gasteiger charge is 2.38. The lowest BCUT2D eigenvalue weighted by molar-refractivity contribution is -0.136. The highest BCUT2D eigenvalue weighted by atomic mass is 32.1. The average molecular weight is 203 g/mol. The number of nitrogens with zero attached hydrogens (tertiary/aromatic N) is 2. The Kier molecular flexibility index (Phi) is 3.16. The zero-order valence-electron chi connectivity index (χ0n) is 7.65. The summed E-state index contributed by atoms with van der Waals surface area (Å²) in [5.41, 5.74) is 0. The summed E-state index contributed by atoms with van der Waals surface area (Å²) in [5, 5.41) is 5.14. The topological polar surface area (TPSA) is 52.6 Å². The fraction of sp³-hybridized carbons (Fsp3) is 0.714. The lowest BCUT2D eigenvalue weighted by Crippen LogP contribution is -2.42. The van der Waals surface area contributed by atoms with Gasteiger partial charge in [-0.2, -0.15) is 17.6 Å². The number of urea groups is 1. The van der Waals surface area contributed by atoms with E-state index in [4.69, 9.17) is 0 Å². The molecule has 0 aromatic rings. The van der Waals surface area contributed by atoms with Crippen LogP contribution in [0.1, 0.15) is 6.42 Å². The SMILES string of the molecule is CN(C)N1C(=O)NC(CCS)C1=O. The normalized spacial score (nSPS) is 22.8. The number of hydrogen-bond donors (Lipinski definition) is 2. The first-order valence-corrected chi connectivity index (χ1v) is 4.63. The molecule has 1 N–H and O–H groups in total. The van der Waals surface area contributed by atoms with Crippen molar-refractivity contribution < 1.29 is 9.59 Å². The van der Waals surface area contributed by atoms with Gasteiger partial charge in [-0.1, -0.05) is 0 Å². The van der Waals surface area contributed by atoms with Crippen LogP contribution in [0.15, 0.2) is 0 Å². The van der Waals surface area contributed by atoms with Gasteiger partial charge in [0, 0.05) is 14.1 Å². The van der Waals surface area contributed by atoms with Crippen molar-refractivity contribution in [1.82, 2.24) is 15.3 Å². The molecule has 1 atom stereocenters. The van der Waals surface area contributed by atoms with Gasteiger partial charge in [0.2, 0.25) is 0 Å². The molecular weight excluding hydrogens is 190 g/mol. The van der Waals surface area contributed by atoms with Crippen molar-refractivity contribution in [2.45, 2.75) is 12.5 Å². The molecule has 0 saturated carbocycles. The molecule has 1 saturated heterocycles. The van der Waals surface area contributed by atoms with Crippen molar-refractivity contribution in [2.24, 2.45) is 0 Å². The van der Waals surface area contributed by atoms with Crippen molar-refractivity contribution in [3.8, 4) is 0 Å². The molecule has 0 aromatic carbocycles. The molecule has 1 fully saturated rings. The Morgan fingerprint density at radius 1 is 1.54 bits per heavy atom. The molecule has 1 unspecified atom stereocenters. The lowest BCUT2D eigenvalue weighted by atomic mass is 10.2. The highest BCUT2D eigenvalue weighted by molar-refractivity contribution is 7.80. The third-order valence-corrected chi connectivity index (χ3v) is 2.07. The minimum Gasteiger partial charge on any atom is -0.325 e. The molecule has 0 bridgehead atoms. The van der Waals surface area contributed by atoms with Crippen LogP contribution in [0, 0.1) is 0 Å². The Balaban J connectivity index is 2.70. The van der Waals surface area contributed by atoms with Crippen LogP contribution in [0.3, 0.4) is 0 Å². The Bertz CT molecular complexity index is 232. The fourth-order valence-corrected chi connectivity index (χ4v) is 1.48. The number of carbonyl (C=O) groups is 2. The van der Waals surface area contributed by atoms with E-state index in [2.05, 4.69) is 17.9 Å². The van der Waals surface area contributed by atoms with E-state index in [1.54, 1.807) is 14.1 Å². The van der Waals surface area contributed by atoms with E-state index in [1.165, 1.54) is 5.01 Å². The average Bonchev–Trinajstić information content (AvgIpc) is 2.28. The minimum atomic E-state index is -0.410. The molecule has 0 aromatic heterocycles. The number of amides is 3. The second-order valence-corrected chi connectivity index (χ2v) is 3.46. The summed E-state index contributed by atoms with van der Waals surface area (Å²) >= 11 is 4.01. The van der Waals surface area contributed by atoms with Crippen LogP contribution in [0.4, 0.5) is 4.79 Å². The van der Waals surface area contributed by atoms with Crippen molar-refractivity contribution in [3.63, 3.8) is 0 Å². The molecule has 1 rings (SSSR count). The predicted octanol–water partition coefficient (Wildman–Crippen LogP) is -0.297.